The molecule has 0 spiro atoms. The van der Waals surface area contributed by atoms with Gasteiger partial charge in [-0.15, -0.1) is 0 Å². The third-order valence-corrected chi connectivity index (χ3v) is 3.80. The molecule has 0 aliphatic carbocycles. The second-order valence-electron chi connectivity index (χ2n) is 5.00. The van der Waals surface area contributed by atoms with E-state index in [-0.39, 0.29) is 0 Å². The molecule has 1 aliphatic heterocycles. The Hall–Kier alpha value is -1.06. The van der Waals surface area contributed by atoms with E-state index in [4.69, 9.17) is 0 Å². The zero-order valence-corrected chi connectivity index (χ0v) is 10.7. The Labute approximate surface area is 103 Å². The number of hydrogen-bond donors (Lipinski definition) is 2. The fourth-order valence-electron chi connectivity index (χ4n) is 2.72. The summed E-state index contributed by atoms with van der Waals surface area (Å²) in [5.41, 5.74) is 1.28. The van der Waals surface area contributed by atoms with Gasteiger partial charge in [0.15, 0.2) is 0 Å². The van der Waals surface area contributed by atoms with Gasteiger partial charge in [0.25, 0.3) is 0 Å². The minimum atomic E-state index is 0.340. The van der Waals surface area contributed by atoms with E-state index in [9.17, 15) is 5.11 Å². The summed E-state index contributed by atoms with van der Waals surface area (Å²) in [6.07, 6.45) is 2.48. The first-order valence-electron chi connectivity index (χ1n) is 6.35. The Kier molecular flexibility index (Phi) is 4.02. The van der Waals surface area contributed by atoms with Crippen LogP contribution in [0.3, 0.4) is 0 Å². The maximum Gasteiger partial charge on any atom is 0.115 e. The number of phenolic OH excluding ortho intramolecular Hbond substituents is 1. The fourth-order valence-corrected chi connectivity index (χ4v) is 2.72. The number of nitrogens with one attached hydrogen (secondary N) is 1. The lowest BCUT2D eigenvalue weighted by atomic mass is 9.85. The van der Waals surface area contributed by atoms with Gasteiger partial charge < -0.3 is 15.3 Å². The standard InChI is InChI=1S/C14H22N2O/c1-15-14(11-3-5-13(17)6-4-11)12-7-9-16(2)10-8-12/h3-6,12,14-15,17H,7-10H2,1-2H3. The molecule has 3 nitrogen and oxygen atoms in total. The van der Waals surface area contributed by atoms with E-state index in [1.165, 1.54) is 31.5 Å². The number of likely N-dealkylation sites (tertiary alicyclic amines) is 1. The summed E-state index contributed by atoms with van der Waals surface area (Å²) < 4.78 is 0. The molecule has 1 heterocycles. The summed E-state index contributed by atoms with van der Waals surface area (Å²) in [5, 5.41) is 12.8. The van der Waals surface area contributed by atoms with Crippen LogP contribution in [0.4, 0.5) is 0 Å². The van der Waals surface area contributed by atoms with Crippen molar-refractivity contribution in [2.75, 3.05) is 27.2 Å². The Morgan fingerprint density at radius 1 is 1.24 bits per heavy atom. The van der Waals surface area contributed by atoms with Gasteiger partial charge in [-0.3, -0.25) is 0 Å². The fraction of sp³-hybridized carbons (Fsp3) is 0.571. The molecule has 1 fully saturated rings. The second-order valence-corrected chi connectivity index (χ2v) is 5.00. The highest BCUT2D eigenvalue weighted by Gasteiger charge is 2.25. The van der Waals surface area contributed by atoms with Crippen LogP contribution in [-0.4, -0.2) is 37.2 Å². The first kappa shape index (κ1) is 12.4. The lowest BCUT2D eigenvalue weighted by Gasteiger charge is -2.34. The molecule has 1 saturated heterocycles. The Balaban J connectivity index is 2.08. The molecule has 1 aromatic rings. The van der Waals surface area contributed by atoms with Gasteiger partial charge in [0.1, 0.15) is 5.75 Å². The molecule has 1 unspecified atom stereocenters. The average molecular weight is 234 g/mol. The molecule has 17 heavy (non-hydrogen) atoms. The van der Waals surface area contributed by atoms with Gasteiger partial charge in [-0.05, 0) is 63.6 Å². The number of piperidine rings is 1. The molecule has 2 N–H and O–H groups in total. The van der Waals surface area contributed by atoms with E-state index in [0.717, 1.165) is 0 Å². The highest BCUT2D eigenvalue weighted by atomic mass is 16.3. The molecule has 1 aromatic carbocycles. The highest BCUT2D eigenvalue weighted by Crippen LogP contribution is 2.30. The zero-order chi connectivity index (χ0) is 12.3. The van der Waals surface area contributed by atoms with E-state index >= 15 is 0 Å². The van der Waals surface area contributed by atoms with E-state index in [2.05, 4.69) is 17.3 Å². The average Bonchev–Trinajstić information content (AvgIpc) is 2.35. The maximum atomic E-state index is 9.33. The van der Waals surface area contributed by atoms with Crippen LogP contribution in [0.5, 0.6) is 5.75 Å². The van der Waals surface area contributed by atoms with Crippen LogP contribution >= 0.6 is 0 Å². The summed E-state index contributed by atoms with van der Waals surface area (Å²) in [6, 6.07) is 8.00. The molecule has 1 aliphatic rings. The Morgan fingerprint density at radius 2 is 1.82 bits per heavy atom. The monoisotopic (exact) mass is 234 g/mol. The van der Waals surface area contributed by atoms with Gasteiger partial charge in [0.2, 0.25) is 0 Å². The number of nitrogens with zero attached hydrogens (tertiary/aromatic N) is 1. The van der Waals surface area contributed by atoms with Crippen LogP contribution in [0.2, 0.25) is 0 Å². The number of benzene rings is 1. The van der Waals surface area contributed by atoms with Crippen molar-refractivity contribution >= 4 is 0 Å². The largest absolute Gasteiger partial charge is 0.508 e. The number of aromatic hydroxyl groups is 1. The minimum absolute atomic E-state index is 0.340. The normalized spacial score (nSPS) is 20.4. The SMILES string of the molecule is CNC(c1ccc(O)cc1)C1CCN(C)CC1. The van der Waals surface area contributed by atoms with Crippen molar-refractivity contribution in [2.24, 2.45) is 5.92 Å². The predicted molar refractivity (Wildman–Crippen MR) is 70.1 cm³/mol. The number of phenols is 1. The minimum Gasteiger partial charge on any atom is -0.508 e. The van der Waals surface area contributed by atoms with Gasteiger partial charge in [-0.2, -0.15) is 0 Å². The number of rotatable bonds is 3. The third-order valence-electron chi connectivity index (χ3n) is 3.80. The van der Waals surface area contributed by atoms with E-state index < -0.39 is 0 Å². The van der Waals surface area contributed by atoms with E-state index in [0.29, 0.717) is 17.7 Å². The molecule has 0 amide bonds. The molecule has 0 radical (unpaired) electrons. The van der Waals surface area contributed by atoms with Crippen LogP contribution in [0.1, 0.15) is 24.4 Å². The lowest BCUT2D eigenvalue weighted by Crippen LogP contribution is -2.36. The van der Waals surface area contributed by atoms with Gasteiger partial charge in [-0.25, -0.2) is 0 Å². The van der Waals surface area contributed by atoms with Crippen molar-refractivity contribution < 1.29 is 5.11 Å². The quantitative estimate of drug-likeness (QED) is 0.839. The van der Waals surface area contributed by atoms with Gasteiger partial charge in [0.05, 0.1) is 0 Å². The van der Waals surface area contributed by atoms with E-state index in [1.54, 1.807) is 12.1 Å². The summed E-state index contributed by atoms with van der Waals surface area (Å²) in [6.45, 7) is 2.36. The van der Waals surface area contributed by atoms with Gasteiger partial charge >= 0.3 is 0 Å². The van der Waals surface area contributed by atoms with Crippen LogP contribution < -0.4 is 5.32 Å². The summed E-state index contributed by atoms with van der Waals surface area (Å²) in [7, 11) is 4.21. The van der Waals surface area contributed by atoms with Crippen LogP contribution in [0.15, 0.2) is 24.3 Å². The predicted octanol–water partition coefficient (Wildman–Crippen LogP) is 1.99. The topological polar surface area (TPSA) is 35.5 Å². The summed E-state index contributed by atoms with van der Waals surface area (Å²) >= 11 is 0. The summed E-state index contributed by atoms with van der Waals surface area (Å²) in [4.78, 5) is 2.39. The molecule has 0 aromatic heterocycles. The molecule has 2 rings (SSSR count). The molecular weight excluding hydrogens is 212 g/mol. The molecule has 3 heteroatoms. The smallest absolute Gasteiger partial charge is 0.115 e. The van der Waals surface area contributed by atoms with Crippen molar-refractivity contribution in [3.05, 3.63) is 29.8 Å². The Bertz CT molecular complexity index is 342. The van der Waals surface area contributed by atoms with Crippen LogP contribution in [-0.2, 0) is 0 Å². The molecular formula is C14H22N2O. The van der Waals surface area contributed by atoms with Crippen molar-refractivity contribution in [2.45, 2.75) is 18.9 Å². The van der Waals surface area contributed by atoms with Crippen molar-refractivity contribution in [1.82, 2.24) is 10.2 Å². The Morgan fingerprint density at radius 3 is 2.35 bits per heavy atom. The van der Waals surface area contributed by atoms with Crippen LogP contribution in [0.25, 0.3) is 0 Å². The third kappa shape index (κ3) is 2.99. The maximum absolute atomic E-state index is 9.33. The zero-order valence-electron chi connectivity index (χ0n) is 10.7. The number of hydrogen-bond acceptors (Lipinski definition) is 3. The van der Waals surface area contributed by atoms with Gasteiger partial charge in [0, 0.05) is 6.04 Å². The van der Waals surface area contributed by atoms with Crippen molar-refractivity contribution in [1.29, 1.82) is 0 Å². The van der Waals surface area contributed by atoms with Crippen molar-refractivity contribution in [3.8, 4) is 5.75 Å². The van der Waals surface area contributed by atoms with E-state index in [1.807, 2.05) is 19.2 Å². The first-order chi connectivity index (χ1) is 8.20. The molecule has 94 valence electrons. The lowest BCUT2D eigenvalue weighted by molar-refractivity contribution is 0.188. The summed E-state index contributed by atoms with van der Waals surface area (Å²) in [5.74, 6) is 1.03. The molecule has 0 saturated carbocycles. The molecule has 0 bridgehead atoms. The molecule has 1 atom stereocenters. The second kappa shape index (κ2) is 5.52. The van der Waals surface area contributed by atoms with Crippen molar-refractivity contribution in [3.63, 3.8) is 0 Å². The first-order valence-corrected chi connectivity index (χ1v) is 6.35. The van der Waals surface area contributed by atoms with Crippen LogP contribution in [0, 0.1) is 5.92 Å². The van der Waals surface area contributed by atoms with Gasteiger partial charge in [-0.1, -0.05) is 12.1 Å². The highest BCUT2D eigenvalue weighted by molar-refractivity contribution is 5.28.